The molecule has 0 saturated heterocycles. The average molecular weight is 308 g/mol. The fourth-order valence-corrected chi connectivity index (χ4v) is 2.55. The Kier molecular flexibility index (Phi) is 3.22. The van der Waals surface area contributed by atoms with Crippen LogP contribution in [0.4, 0.5) is 0 Å². The lowest BCUT2D eigenvalue weighted by Gasteiger charge is -2.05. The van der Waals surface area contributed by atoms with Crippen LogP contribution in [0.2, 0.25) is 0 Å². The van der Waals surface area contributed by atoms with Gasteiger partial charge in [0.2, 0.25) is 0 Å². The van der Waals surface area contributed by atoms with E-state index in [9.17, 15) is 4.79 Å². The van der Waals surface area contributed by atoms with Gasteiger partial charge in [0.05, 0.1) is 11.4 Å². The van der Waals surface area contributed by atoms with E-state index in [1.54, 1.807) is 6.07 Å². The minimum atomic E-state index is -0.331. The van der Waals surface area contributed by atoms with Crippen molar-refractivity contribution in [1.29, 1.82) is 0 Å². The number of carbonyl (C=O) groups excluding carboxylic acids is 1. The number of ether oxygens (including phenoxy) is 1. The van der Waals surface area contributed by atoms with Crippen molar-refractivity contribution < 1.29 is 9.53 Å². The Morgan fingerprint density at radius 2 is 2.22 bits per heavy atom. The van der Waals surface area contributed by atoms with Crippen molar-refractivity contribution in [3.8, 4) is 11.3 Å². The lowest BCUT2D eigenvalue weighted by molar-refractivity contribution is 0.0949. The van der Waals surface area contributed by atoms with Crippen molar-refractivity contribution in [3.05, 3.63) is 53.9 Å². The van der Waals surface area contributed by atoms with Crippen LogP contribution in [0, 0.1) is 5.92 Å². The third-order valence-electron chi connectivity index (χ3n) is 4.00. The van der Waals surface area contributed by atoms with Crippen LogP contribution in [0.25, 0.3) is 11.3 Å². The molecular weight excluding hydrogens is 292 g/mol. The third-order valence-corrected chi connectivity index (χ3v) is 4.00. The molecule has 0 bridgehead atoms. The Hall–Kier alpha value is -2.89. The van der Waals surface area contributed by atoms with E-state index in [4.69, 9.17) is 4.74 Å². The monoisotopic (exact) mass is 308 g/mol. The van der Waals surface area contributed by atoms with E-state index in [0.29, 0.717) is 23.4 Å². The smallest absolute Gasteiger partial charge is 0.289 e. The first-order chi connectivity index (χ1) is 11.2. The fraction of sp³-hybridized carbons (Fsp3) is 0.235. The number of aromatic nitrogens is 2. The van der Waals surface area contributed by atoms with Gasteiger partial charge >= 0.3 is 0 Å². The van der Waals surface area contributed by atoms with Crippen LogP contribution in [-0.4, -0.2) is 27.9 Å². The minimum Gasteiger partial charge on any atom is -0.488 e. The van der Waals surface area contributed by atoms with Crippen LogP contribution in [0.1, 0.15) is 23.8 Å². The number of fused-ring (bicyclic) bond motifs is 1. The van der Waals surface area contributed by atoms with E-state index in [2.05, 4.69) is 26.8 Å². The van der Waals surface area contributed by atoms with Crippen molar-refractivity contribution in [1.82, 2.24) is 15.6 Å². The first-order valence-corrected chi connectivity index (χ1v) is 7.55. The fourth-order valence-electron chi connectivity index (χ4n) is 2.55. The van der Waals surface area contributed by atoms with E-state index in [-0.39, 0.29) is 5.91 Å². The van der Waals surface area contributed by atoms with Gasteiger partial charge in [-0.25, -0.2) is 5.43 Å². The molecule has 2 heterocycles. The number of hydrazone groups is 1. The summed E-state index contributed by atoms with van der Waals surface area (Å²) in [7, 11) is 0. The van der Waals surface area contributed by atoms with Crippen LogP contribution in [0.5, 0.6) is 0 Å². The third kappa shape index (κ3) is 2.75. The molecule has 2 aromatic rings. The summed E-state index contributed by atoms with van der Waals surface area (Å²) in [6.07, 6.45) is 3.49. The molecule has 2 aliphatic rings. The van der Waals surface area contributed by atoms with Crippen LogP contribution < -0.4 is 5.43 Å². The molecule has 1 aromatic heterocycles. The molecule has 6 nitrogen and oxygen atoms in total. The Balaban J connectivity index is 1.43. The summed E-state index contributed by atoms with van der Waals surface area (Å²) in [5, 5.41) is 11.0. The first-order valence-electron chi connectivity index (χ1n) is 7.55. The SMILES string of the molecule is C/C(=N\NC(=O)c1cc(-c2ccccc2)n[nH]1)C1=CC2CC2O1. The molecule has 0 radical (unpaired) electrons. The van der Waals surface area contributed by atoms with Gasteiger partial charge in [-0.2, -0.15) is 10.2 Å². The maximum atomic E-state index is 12.1. The molecule has 1 fully saturated rings. The zero-order valence-corrected chi connectivity index (χ0v) is 12.6. The summed E-state index contributed by atoms with van der Waals surface area (Å²) in [6, 6.07) is 11.4. The maximum Gasteiger partial charge on any atom is 0.289 e. The van der Waals surface area contributed by atoms with Crippen molar-refractivity contribution in [2.24, 2.45) is 11.0 Å². The molecular formula is C17H16N4O2. The highest BCUT2D eigenvalue weighted by Crippen LogP contribution is 2.43. The van der Waals surface area contributed by atoms with Crippen LogP contribution in [-0.2, 0) is 4.74 Å². The largest absolute Gasteiger partial charge is 0.488 e. The molecule has 1 aromatic carbocycles. The number of nitrogens with one attached hydrogen (secondary N) is 2. The number of allylic oxidation sites excluding steroid dienone is 1. The van der Waals surface area contributed by atoms with E-state index in [0.717, 1.165) is 23.4 Å². The number of aromatic amines is 1. The molecule has 116 valence electrons. The maximum absolute atomic E-state index is 12.1. The highest BCUT2D eigenvalue weighted by Gasteiger charge is 2.44. The van der Waals surface area contributed by atoms with E-state index < -0.39 is 0 Å². The average Bonchev–Trinajstić information content (AvgIpc) is 3.02. The summed E-state index contributed by atoms with van der Waals surface area (Å²) in [5.74, 6) is 0.968. The minimum absolute atomic E-state index is 0.326. The van der Waals surface area contributed by atoms with Gasteiger partial charge in [0, 0.05) is 11.5 Å². The second kappa shape index (κ2) is 5.39. The summed E-state index contributed by atoms with van der Waals surface area (Å²) in [4.78, 5) is 12.1. The van der Waals surface area contributed by atoms with Gasteiger partial charge in [-0.3, -0.25) is 9.89 Å². The second-order valence-electron chi connectivity index (χ2n) is 5.76. The van der Waals surface area contributed by atoms with Gasteiger partial charge in [0.15, 0.2) is 0 Å². The molecule has 1 aliphatic carbocycles. The van der Waals surface area contributed by atoms with E-state index in [1.807, 2.05) is 37.3 Å². The lowest BCUT2D eigenvalue weighted by Crippen LogP contribution is -2.20. The molecule has 6 heteroatoms. The van der Waals surface area contributed by atoms with Gasteiger partial charge in [0.1, 0.15) is 17.6 Å². The van der Waals surface area contributed by atoms with Crippen LogP contribution in [0.3, 0.4) is 0 Å². The van der Waals surface area contributed by atoms with Gasteiger partial charge < -0.3 is 4.74 Å². The summed E-state index contributed by atoms with van der Waals surface area (Å²) < 4.78 is 5.66. The number of nitrogens with zero attached hydrogens (tertiary/aromatic N) is 2. The predicted molar refractivity (Wildman–Crippen MR) is 85.7 cm³/mol. The standard InChI is InChI=1S/C17H16N4O2/c1-10(15-7-12-8-16(12)23-15)18-21-17(22)14-9-13(19-20-14)11-5-3-2-4-6-11/h2-7,9,12,16H,8H2,1H3,(H,19,20)(H,21,22)/b18-10+. The van der Waals surface area contributed by atoms with Gasteiger partial charge in [0.25, 0.3) is 5.91 Å². The summed E-state index contributed by atoms with van der Waals surface area (Å²) in [5.41, 5.74) is 5.24. The van der Waals surface area contributed by atoms with Crippen molar-refractivity contribution in [2.75, 3.05) is 0 Å². The topological polar surface area (TPSA) is 79.4 Å². The molecule has 2 atom stereocenters. The summed E-state index contributed by atoms with van der Waals surface area (Å²) in [6.45, 7) is 1.82. The molecule has 1 aliphatic heterocycles. The van der Waals surface area contributed by atoms with Crippen molar-refractivity contribution in [2.45, 2.75) is 19.4 Å². The van der Waals surface area contributed by atoms with E-state index >= 15 is 0 Å². The number of H-pyrrole nitrogens is 1. The lowest BCUT2D eigenvalue weighted by atomic mass is 10.1. The molecule has 1 saturated carbocycles. The molecule has 2 N–H and O–H groups in total. The number of amides is 1. The van der Waals surface area contributed by atoms with Crippen LogP contribution in [0.15, 0.2) is 53.3 Å². The highest BCUT2D eigenvalue weighted by molar-refractivity contribution is 5.99. The van der Waals surface area contributed by atoms with Crippen molar-refractivity contribution in [3.63, 3.8) is 0 Å². The van der Waals surface area contributed by atoms with Crippen LogP contribution >= 0.6 is 0 Å². The number of carbonyl (C=O) groups is 1. The zero-order valence-electron chi connectivity index (χ0n) is 12.6. The number of hydrogen-bond acceptors (Lipinski definition) is 4. The van der Waals surface area contributed by atoms with Gasteiger partial charge in [-0.1, -0.05) is 30.3 Å². The van der Waals surface area contributed by atoms with Gasteiger partial charge in [-0.15, -0.1) is 0 Å². The van der Waals surface area contributed by atoms with Gasteiger partial charge in [-0.05, 0) is 25.5 Å². The van der Waals surface area contributed by atoms with Crippen molar-refractivity contribution >= 4 is 11.6 Å². The molecule has 1 amide bonds. The Bertz CT molecular complexity index is 807. The molecule has 4 rings (SSSR count). The molecule has 2 unspecified atom stereocenters. The molecule has 23 heavy (non-hydrogen) atoms. The normalized spacial score (nSPS) is 22.1. The zero-order chi connectivity index (χ0) is 15.8. The first kappa shape index (κ1) is 13.8. The quantitative estimate of drug-likeness (QED) is 0.672. The number of hydrogen-bond donors (Lipinski definition) is 2. The Morgan fingerprint density at radius 3 is 2.96 bits per heavy atom. The van der Waals surface area contributed by atoms with E-state index in [1.165, 1.54) is 0 Å². The number of benzene rings is 1. The Labute approximate surface area is 133 Å². The number of rotatable bonds is 4. The predicted octanol–water partition coefficient (Wildman–Crippen LogP) is 2.49. The molecule has 0 spiro atoms. The summed E-state index contributed by atoms with van der Waals surface area (Å²) >= 11 is 0. The highest BCUT2D eigenvalue weighted by atomic mass is 16.5. The Morgan fingerprint density at radius 1 is 1.39 bits per heavy atom. The second-order valence-corrected chi connectivity index (χ2v) is 5.76.